The van der Waals surface area contributed by atoms with Crippen LogP contribution in [0.5, 0.6) is 0 Å². The highest BCUT2D eigenvalue weighted by molar-refractivity contribution is 9.09. The zero-order chi connectivity index (χ0) is 7.40. The first-order valence-corrected chi connectivity index (χ1v) is 4.61. The number of ether oxygens (including phenoxy) is 2. The third-order valence-corrected chi connectivity index (χ3v) is 2.60. The van der Waals surface area contributed by atoms with E-state index in [4.69, 9.17) is 9.47 Å². The first-order valence-electron chi connectivity index (χ1n) is 3.70. The van der Waals surface area contributed by atoms with E-state index in [9.17, 15) is 0 Å². The molecule has 0 aromatic heterocycles. The lowest BCUT2D eigenvalue weighted by Gasteiger charge is -2.11. The summed E-state index contributed by atoms with van der Waals surface area (Å²) in [5.41, 5.74) is 0. The van der Waals surface area contributed by atoms with E-state index in [1.807, 2.05) is 0 Å². The summed E-state index contributed by atoms with van der Waals surface area (Å²) in [7, 11) is 0. The average molecular weight is 209 g/mol. The van der Waals surface area contributed by atoms with Crippen molar-refractivity contribution >= 4 is 15.9 Å². The minimum absolute atomic E-state index is 0.0457. The topological polar surface area (TPSA) is 18.5 Å². The van der Waals surface area contributed by atoms with Crippen molar-refractivity contribution in [1.82, 2.24) is 0 Å². The fourth-order valence-corrected chi connectivity index (χ4v) is 1.22. The van der Waals surface area contributed by atoms with Crippen molar-refractivity contribution in [3.8, 4) is 0 Å². The van der Waals surface area contributed by atoms with Gasteiger partial charge in [-0.1, -0.05) is 22.9 Å². The molecular weight excluding hydrogens is 196 g/mol. The van der Waals surface area contributed by atoms with Crippen molar-refractivity contribution < 1.29 is 9.47 Å². The molecule has 1 heterocycles. The van der Waals surface area contributed by atoms with Crippen LogP contribution in [-0.4, -0.2) is 24.3 Å². The Hall–Kier alpha value is 0.400. The van der Waals surface area contributed by atoms with Crippen molar-refractivity contribution in [2.45, 2.75) is 30.9 Å². The lowest BCUT2D eigenvalue weighted by Crippen LogP contribution is -2.13. The van der Waals surface area contributed by atoms with Gasteiger partial charge in [-0.05, 0) is 6.42 Å². The Morgan fingerprint density at radius 1 is 1.50 bits per heavy atom. The summed E-state index contributed by atoms with van der Waals surface area (Å²) < 4.78 is 10.5. The van der Waals surface area contributed by atoms with Crippen LogP contribution in [0.1, 0.15) is 19.8 Å². The smallest absolute Gasteiger partial charge is 0.158 e. The van der Waals surface area contributed by atoms with Gasteiger partial charge in [-0.3, -0.25) is 0 Å². The van der Waals surface area contributed by atoms with E-state index in [0.29, 0.717) is 4.83 Å². The van der Waals surface area contributed by atoms with Gasteiger partial charge in [0.2, 0.25) is 0 Å². The number of alkyl halides is 1. The molecular formula is C7H13BrO2. The van der Waals surface area contributed by atoms with Crippen molar-refractivity contribution in [2.75, 3.05) is 13.2 Å². The number of hydrogen-bond acceptors (Lipinski definition) is 2. The molecule has 0 radical (unpaired) electrons. The van der Waals surface area contributed by atoms with Gasteiger partial charge in [0.1, 0.15) is 0 Å². The van der Waals surface area contributed by atoms with E-state index in [2.05, 4.69) is 22.9 Å². The minimum atomic E-state index is 0.0457. The number of halogens is 1. The highest BCUT2D eigenvalue weighted by atomic mass is 79.9. The molecule has 10 heavy (non-hydrogen) atoms. The van der Waals surface area contributed by atoms with Gasteiger partial charge >= 0.3 is 0 Å². The molecule has 0 aromatic carbocycles. The maximum absolute atomic E-state index is 5.27. The molecule has 0 spiro atoms. The van der Waals surface area contributed by atoms with Gasteiger partial charge in [0.25, 0.3) is 0 Å². The van der Waals surface area contributed by atoms with Gasteiger partial charge in [-0.25, -0.2) is 0 Å². The minimum Gasteiger partial charge on any atom is -0.350 e. The highest BCUT2D eigenvalue weighted by Crippen LogP contribution is 2.17. The van der Waals surface area contributed by atoms with Gasteiger partial charge in [0.05, 0.1) is 13.2 Å². The van der Waals surface area contributed by atoms with Crippen molar-refractivity contribution in [1.29, 1.82) is 0 Å². The Morgan fingerprint density at radius 2 is 2.10 bits per heavy atom. The van der Waals surface area contributed by atoms with Crippen LogP contribution < -0.4 is 0 Å². The molecule has 1 aliphatic rings. The number of hydrogen-bond donors (Lipinski definition) is 0. The van der Waals surface area contributed by atoms with Crippen LogP contribution in [0.25, 0.3) is 0 Å². The fourth-order valence-electron chi connectivity index (χ4n) is 0.919. The van der Waals surface area contributed by atoms with Crippen LogP contribution in [0.4, 0.5) is 0 Å². The maximum Gasteiger partial charge on any atom is 0.158 e. The van der Waals surface area contributed by atoms with Gasteiger partial charge < -0.3 is 9.47 Å². The van der Waals surface area contributed by atoms with Crippen molar-refractivity contribution in [3.05, 3.63) is 0 Å². The van der Waals surface area contributed by atoms with E-state index in [1.165, 1.54) is 0 Å². The molecule has 1 aliphatic heterocycles. The standard InChI is InChI=1S/C7H13BrO2/c1-2-6(8)5-7-9-3-4-10-7/h6-7H,2-5H2,1H3/t6-/m0/s1. The van der Waals surface area contributed by atoms with Crippen LogP contribution >= 0.6 is 15.9 Å². The van der Waals surface area contributed by atoms with E-state index >= 15 is 0 Å². The summed E-state index contributed by atoms with van der Waals surface area (Å²) in [6.07, 6.45) is 2.14. The molecule has 1 atom stereocenters. The number of rotatable bonds is 3. The summed E-state index contributed by atoms with van der Waals surface area (Å²) in [4.78, 5) is 0.538. The molecule has 60 valence electrons. The Labute approximate surface area is 70.0 Å². The van der Waals surface area contributed by atoms with Crippen LogP contribution in [0.2, 0.25) is 0 Å². The van der Waals surface area contributed by atoms with Crippen molar-refractivity contribution in [3.63, 3.8) is 0 Å². The molecule has 0 N–H and O–H groups in total. The molecule has 0 aromatic rings. The van der Waals surface area contributed by atoms with Gasteiger partial charge in [0.15, 0.2) is 6.29 Å². The van der Waals surface area contributed by atoms with Crippen LogP contribution in [0.3, 0.4) is 0 Å². The van der Waals surface area contributed by atoms with Crippen LogP contribution in [-0.2, 0) is 9.47 Å². The average Bonchev–Trinajstić information content (AvgIpc) is 2.40. The molecule has 1 saturated heterocycles. The normalized spacial score (nSPS) is 23.4. The van der Waals surface area contributed by atoms with Gasteiger partial charge in [-0.2, -0.15) is 0 Å². The third-order valence-electron chi connectivity index (χ3n) is 1.58. The molecule has 0 unspecified atom stereocenters. The fraction of sp³-hybridized carbons (Fsp3) is 1.00. The quantitative estimate of drug-likeness (QED) is 0.661. The molecule has 0 amide bonds. The summed E-state index contributed by atoms with van der Waals surface area (Å²) in [6.45, 7) is 3.66. The first-order chi connectivity index (χ1) is 4.83. The van der Waals surface area contributed by atoms with E-state index in [-0.39, 0.29) is 6.29 Å². The SMILES string of the molecule is CC[C@H](Br)CC1OCCO1. The monoisotopic (exact) mass is 208 g/mol. The Kier molecular flexibility index (Phi) is 3.66. The van der Waals surface area contributed by atoms with E-state index in [0.717, 1.165) is 26.1 Å². The van der Waals surface area contributed by atoms with Crippen LogP contribution in [0, 0.1) is 0 Å². The van der Waals surface area contributed by atoms with Gasteiger partial charge in [-0.15, -0.1) is 0 Å². The third kappa shape index (κ3) is 2.56. The van der Waals surface area contributed by atoms with Crippen LogP contribution in [0.15, 0.2) is 0 Å². The molecule has 0 bridgehead atoms. The zero-order valence-corrected chi connectivity index (χ0v) is 7.76. The molecule has 1 rings (SSSR count). The molecule has 3 heteroatoms. The molecule has 0 aliphatic carbocycles. The molecule has 1 fully saturated rings. The summed E-state index contributed by atoms with van der Waals surface area (Å²) >= 11 is 3.53. The summed E-state index contributed by atoms with van der Waals surface area (Å²) in [6, 6.07) is 0. The Balaban J connectivity index is 2.11. The van der Waals surface area contributed by atoms with E-state index < -0.39 is 0 Å². The predicted molar refractivity (Wildman–Crippen MR) is 43.3 cm³/mol. The first kappa shape index (κ1) is 8.50. The van der Waals surface area contributed by atoms with E-state index in [1.54, 1.807) is 0 Å². The highest BCUT2D eigenvalue weighted by Gasteiger charge is 2.18. The second-order valence-corrected chi connectivity index (χ2v) is 3.71. The largest absolute Gasteiger partial charge is 0.350 e. The second-order valence-electron chi connectivity index (χ2n) is 2.41. The lowest BCUT2D eigenvalue weighted by atomic mass is 10.2. The summed E-state index contributed by atoms with van der Waals surface area (Å²) in [5, 5.41) is 0. The predicted octanol–water partition coefficient (Wildman–Crippen LogP) is 1.92. The lowest BCUT2D eigenvalue weighted by molar-refractivity contribution is -0.0463. The van der Waals surface area contributed by atoms with Crippen molar-refractivity contribution in [2.24, 2.45) is 0 Å². The zero-order valence-electron chi connectivity index (χ0n) is 6.18. The summed E-state index contributed by atoms with van der Waals surface area (Å²) in [5.74, 6) is 0. The maximum atomic E-state index is 5.27. The second kappa shape index (κ2) is 4.31. The van der Waals surface area contributed by atoms with Gasteiger partial charge in [0, 0.05) is 11.2 Å². The molecule has 2 nitrogen and oxygen atoms in total. The Bertz CT molecular complexity index is 91.6. The molecule has 0 saturated carbocycles. The Morgan fingerprint density at radius 3 is 2.60 bits per heavy atom.